The highest BCUT2D eigenvalue weighted by molar-refractivity contribution is 7.91. The predicted octanol–water partition coefficient (Wildman–Crippen LogP) is 3.11. The Balaban J connectivity index is 1.77. The van der Waals surface area contributed by atoms with Crippen LogP contribution in [0.3, 0.4) is 0 Å². The van der Waals surface area contributed by atoms with E-state index in [9.17, 15) is 27.6 Å². The van der Waals surface area contributed by atoms with Gasteiger partial charge >= 0.3 is 5.97 Å². The zero-order chi connectivity index (χ0) is 25.3. The van der Waals surface area contributed by atoms with Gasteiger partial charge in [-0.25, -0.2) is 13.2 Å². The molecule has 10 heteroatoms. The van der Waals surface area contributed by atoms with E-state index >= 15 is 0 Å². The third kappa shape index (κ3) is 4.43. The van der Waals surface area contributed by atoms with Crippen molar-refractivity contribution in [1.82, 2.24) is 0 Å². The molecule has 0 aromatic heterocycles. The number of amides is 2. The van der Waals surface area contributed by atoms with Crippen LogP contribution in [-0.4, -0.2) is 45.6 Å². The van der Waals surface area contributed by atoms with Gasteiger partial charge in [0.25, 0.3) is 5.91 Å². The minimum Gasteiger partial charge on any atom is -0.465 e. The van der Waals surface area contributed by atoms with Crippen LogP contribution in [0, 0.1) is 0 Å². The highest BCUT2D eigenvalue weighted by atomic mass is 32.2. The van der Waals surface area contributed by atoms with Crippen LogP contribution in [-0.2, 0) is 19.4 Å². The fourth-order valence-corrected chi connectivity index (χ4v) is 5.37. The summed E-state index contributed by atoms with van der Waals surface area (Å²) in [6, 6.07) is 15.6. The molecule has 1 aliphatic rings. The molecule has 0 bridgehead atoms. The van der Waals surface area contributed by atoms with Gasteiger partial charge in [0.2, 0.25) is 15.7 Å². The van der Waals surface area contributed by atoms with E-state index in [1.54, 1.807) is 24.3 Å². The first-order valence-corrected chi connectivity index (χ1v) is 11.9. The van der Waals surface area contributed by atoms with Gasteiger partial charge in [-0.3, -0.25) is 19.3 Å². The Bertz CT molecular complexity index is 1480. The van der Waals surface area contributed by atoms with Crippen molar-refractivity contribution in [3.05, 3.63) is 83.4 Å². The second-order valence-electron chi connectivity index (χ2n) is 7.75. The number of benzene rings is 3. The highest BCUT2D eigenvalue weighted by Crippen LogP contribution is 2.37. The van der Waals surface area contributed by atoms with Crippen molar-refractivity contribution >= 4 is 44.8 Å². The topological polar surface area (TPSA) is 127 Å². The lowest BCUT2D eigenvalue weighted by Gasteiger charge is -2.22. The number of rotatable bonds is 5. The molecule has 3 aromatic rings. The molecule has 178 valence electrons. The number of sulfone groups is 1. The van der Waals surface area contributed by atoms with Crippen LogP contribution in [0.25, 0.3) is 0 Å². The summed E-state index contributed by atoms with van der Waals surface area (Å²) in [4.78, 5) is 50.6. The molecule has 0 saturated carbocycles. The fourth-order valence-electron chi connectivity index (χ4n) is 3.74. The first-order valence-electron chi connectivity index (χ1n) is 10.4. The Morgan fingerprint density at radius 3 is 2.23 bits per heavy atom. The fraction of sp³-hybridized carbons (Fsp3) is 0.120. The number of hydrogen-bond donors (Lipinski definition) is 1. The molecule has 4 rings (SSSR count). The van der Waals surface area contributed by atoms with E-state index in [1.165, 1.54) is 56.5 Å². The molecule has 0 saturated heterocycles. The zero-order valence-electron chi connectivity index (χ0n) is 18.8. The minimum atomic E-state index is -4.14. The smallest absolute Gasteiger partial charge is 0.337 e. The quantitative estimate of drug-likeness (QED) is 0.428. The number of nitrogens with zero attached hydrogens (tertiary/aromatic N) is 1. The van der Waals surface area contributed by atoms with Crippen LogP contribution >= 0.6 is 0 Å². The maximum Gasteiger partial charge on any atom is 0.337 e. The predicted molar refractivity (Wildman–Crippen MR) is 126 cm³/mol. The molecule has 0 unspecified atom stereocenters. The molecule has 0 fully saturated rings. The van der Waals surface area contributed by atoms with E-state index in [4.69, 9.17) is 4.74 Å². The molecule has 1 N–H and O–H groups in total. The minimum absolute atomic E-state index is 0.0189. The number of ketones is 1. The highest BCUT2D eigenvalue weighted by Gasteiger charge is 2.36. The Morgan fingerprint density at radius 2 is 1.57 bits per heavy atom. The summed E-state index contributed by atoms with van der Waals surface area (Å²) >= 11 is 0. The van der Waals surface area contributed by atoms with Gasteiger partial charge in [0.05, 0.1) is 33.7 Å². The van der Waals surface area contributed by atoms with Crippen LogP contribution in [0.4, 0.5) is 11.4 Å². The SMILES string of the molecule is COC(=O)c1ccc2c(c1)N(CC(=O)Nc1ccc(C(C)=O)cc1)C(=O)c1ccccc1S2(=O)=O. The van der Waals surface area contributed by atoms with Crippen molar-refractivity contribution in [3.63, 3.8) is 0 Å². The van der Waals surface area contributed by atoms with E-state index in [1.807, 2.05) is 0 Å². The van der Waals surface area contributed by atoms with Gasteiger partial charge in [-0.2, -0.15) is 0 Å². The van der Waals surface area contributed by atoms with E-state index in [0.29, 0.717) is 11.3 Å². The molecule has 0 aliphatic carbocycles. The summed E-state index contributed by atoms with van der Waals surface area (Å²) in [7, 11) is -2.96. The van der Waals surface area contributed by atoms with Crippen molar-refractivity contribution in [3.8, 4) is 0 Å². The lowest BCUT2D eigenvalue weighted by atomic mass is 10.1. The Morgan fingerprint density at radius 1 is 0.914 bits per heavy atom. The number of esters is 1. The lowest BCUT2D eigenvalue weighted by Crippen LogP contribution is -2.38. The number of Topliss-reactive ketones (excluding diaryl/α,β-unsaturated/α-hetero) is 1. The van der Waals surface area contributed by atoms with Gasteiger partial charge in [-0.15, -0.1) is 0 Å². The van der Waals surface area contributed by atoms with Gasteiger partial charge in [-0.1, -0.05) is 12.1 Å². The molecule has 0 atom stereocenters. The Hall–Kier alpha value is -4.31. The molecule has 3 aromatic carbocycles. The number of carbonyl (C=O) groups is 4. The average molecular weight is 493 g/mol. The molecule has 2 amide bonds. The van der Waals surface area contributed by atoms with E-state index in [-0.39, 0.29) is 32.4 Å². The number of methoxy groups -OCH3 is 1. The Labute approximate surface area is 201 Å². The van der Waals surface area contributed by atoms with E-state index in [2.05, 4.69) is 5.32 Å². The normalized spacial score (nSPS) is 13.8. The molecule has 35 heavy (non-hydrogen) atoms. The molecular formula is C25H20N2O7S. The van der Waals surface area contributed by atoms with Crippen molar-refractivity contribution in [1.29, 1.82) is 0 Å². The van der Waals surface area contributed by atoms with Gasteiger partial charge in [0.1, 0.15) is 6.54 Å². The number of carbonyl (C=O) groups excluding carboxylic acids is 4. The zero-order valence-corrected chi connectivity index (χ0v) is 19.6. The number of nitrogens with one attached hydrogen (secondary N) is 1. The first-order chi connectivity index (χ1) is 16.6. The molecule has 0 spiro atoms. The monoisotopic (exact) mass is 492 g/mol. The van der Waals surface area contributed by atoms with Crippen LogP contribution in [0.2, 0.25) is 0 Å². The maximum absolute atomic E-state index is 13.5. The van der Waals surface area contributed by atoms with Crippen molar-refractivity contribution in [2.24, 2.45) is 0 Å². The first kappa shape index (κ1) is 23.8. The van der Waals surface area contributed by atoms with Crippen LogP contribution in [0.5, 0.6) is 0 Å². The number of anilines is 2. The summed E-state index contributed by atoms with van der Waals surface area (Å²) < 4.78 is 31.5. The second-order valence-corrected chi connectivity index (χ2v) is 9.63. The Kier molecular flexibility index (Phi) is 6.23. The van der Waals surface area contributed by atoms with E-state index < -0.39 is 34.2 Å². The van der Waals surface area contributed by atoms with Crippen molar-refractivity contribution < 1.29 is 32.3 Å². The third-order valence-electron chi connectivity index (χ3n) is 5.49. The lowest BCUT2D eigenvalue weighted by molar-refractivity contribution is -0.114. The third-order valence-corrected chi connectivity index (χ3v) is 7.35. The second kappa shape index (κ2) is 9.15. The summed E-state index contributed by atoms with van der Waals surface area (Å²) in [6.07, 6.45) is 0. The summed E-state index contributed by atoms with van der Waals surface area (Å²) in [5, 5.41) is 2.64. The summed E-state index contributed by atoms with van der Waals surface area (Å²) in [6.45, 7) is 0.888. The largest absolute Gasteiger partial charge is 0.465 e. The van der Waals surface area contributed by atoms with Crippen LogP contribution in [0.1, 0.15) is 38.0 Å². The van der Waals surface area contributed by atoms with Crippen LogP contribution in [0.15, 0.2) is 76.5 Å². The van der Waals surface area contributed by atoms with Gasteiger partial charge in [0.15, 0.2) is 5.78 Å². The maximum atomic E-state index is 13.5. The molecule has 9 nitrogen and oxygen atoms in total. The van der Waals surface area contributed by atoms with Gasteiger partial charge in [-0.05, 0) is 61.5 Å². The summed E-state index contributed by atoms with van der Waals surface area (Å²) in [5.41, 5.74) is 0.666. The number of ether oxygens (including phenoxy) is 1. The van der Waals surface area contributed by atoms with Crippen molar-refractivity contribution in [2.75, 3.05) is 23.9 Å². The van der Waals surface area contributed by atoms with Crippen molar-refractivity contribution in [2.45, 2.75) is 16.7 Å². The van der Waals surface area contributed by atoms with E-state index in [0.717, 1.165) is 4.90 Å². The standard InChI is InChI=1S/C25H20N2O7S/c1-15(28)16-7-10-18(11-8-16)26-23(29)14-27-20-13-17(25(31)34-2)9-12-22(20)35(32,33)21-6-4-3-5-19(21)24(27)30/h3-13H,14H2,1-2H3,(H,26,29). The summed E-state index contributed by atoms with van der Waals surface area (Å²) in [5.74, 6) is -2.18. The molecule has 0 radical (unpaired) electrons. The number of fused-ring (bicyclic) bond motifs is 2. The average Bonchev–Trinajstić information content (AvgIpc) is 2.92. The number of hydrogen-bond acceptors (Lipinski definition) is 7. The van der Waals surface area contributed by atoms with Crippen LogP contribution < -0.4 is 10.2 Å². The molecule has 1 aliphatic heterocycles. The molecular weight excluding hydrogens is 472 g/mol. The van der Waals surface area contributed by atoms with Gasteiger partial charge < -0.3 is 10.1 Å². The molecule has 1 heterocycles. The van der Waals surface area contributed by atoms with Gasteiger partial charge in [0, 0.05) is 11.3 Å².